The minimum absolute atomic E-state index is 0.247. The molecule has 3 nitrogen and oxygen atoms in total. The van der Waals surface area contributed by atoms with Crippen LogP contribution in [0, 0.1) is 0 Å². The standard InChI is InChI=1S/C16H16OS.C10H12O2/c1-11(2)12-7-8-16-14(9-12)10-13-5-3-4-6-15(13)18(16)17;1-10(2,12)9(11)8-6-4-3-5-7-8/h3-9,11H,10H2,1-2H3;3-7,12H,1-2H3. The predicted molar refractivity (Wildman–Crippen MR) is 122 cm³/mol. The van der Waals surface area contributed by atoms with Crippen molar-refractivity contribution in [1.82, 2.24) is 0 Å². The monoisotopic (exact) mass is 420 g/mol. The molecule has 4 heteroatoms. The molecule has 0 radical (unpaired) electrons. The first-order valence-electron chi connectivity index (χ1n) is 10.1. The van der Waals surface area contributed by atoms with Crippen LogP contribution in [-0.4, -0.2) is 20.7 Å². The van der Waals surface area contributed by atoms with Gasteiger partial charge in [0.15, 0.2) is 5.78 Å². The number of benzene rings is 3. The summed E-state index contributed by atoms with van der Waals surface area (Å²) in [7, 11) is -1.01. The van der Waals surface area contributed by atoms with E-state index in [4.69, 9.17) is 0 Å². The highest BCUT2D eigenvalue weighted by Gasteiger charge is 2.24. The highest BCUT2D eigenvalue weighted by Crippen LogP contribution is 2.33. The largest absolute Gasteiger partial charge is 0.382 e. The zero-order valence-electron chi connectivity index (χ0n) is 17.9. The van der Waals surface area contributed by atoms with Gasteiger partial charge in [0.25, 0.3) is 0 Å². The third kappa shape index (κ3) is 4.94. The molecule has 1 heterocycles. The molecule has 0 spiro atoms. The predicted octanol–water partition coefficient (Wildman–Crippen LogP) is 5.52. The van der Waals surface area contributed by atoms with Crippen molar-refractivity contribution >= 4 is 16.6 Å². The second kappa shape index (κ2) is 9.07. The van der Waals surface area contributed by atoms with Crippen LogP contribution in [0.4, 0.5) is 0 Å². The van der Waals surface area contributed by atoms with Crippen LogP contribution >= 0.6 is 0 Å². The lowest BCUT2D eigenvalue weighted by atomic mass is 9.97. The van der Waals surface area contributed by atoms with Crippen LogP contribution < -0.4 is 0 Å². The second-order valence-corrected chi connectivity index (χ2v) is 9.75. The maximum absolute atomic E-state index is 12.5. The molecule has 30 heavy (non-hydrogen) atoms. The molecule has 1 aliphatic rings. The van der Waals surface area contributed by atoms with Crippen molar-refractivity contribution in [3.63, 3.8) is 0 Å². The number of Topliss-reactive ketones (excluding diaryl/α,β-unsaturated/α-hetero) is 1. The number of hydrogen-bond donors (Lipinski definition) is 1. The van der Waals surface area contributed by atoms with Crippen LogP contribution in [0.25, 0.3) is 0 Å². The molecule has 156 valence electrons. The molecule has 1 unspecified atom stereocenters. The number of fused-ring (bicyclic) bond motifs is 2. The van der Waals surface area contributed by atoms with Crippen molar-refractivity contribution in [1.29, 1.82) is 0 Å². The quantitative estimate of drug-likeness (QED) is 0.444. The summed E-state index contributed by atoms with van der Waals surface area (Å²) in [4.78, 5) is 13.4. The molecule has 0 aliphatic carbocycles. The molecule has 0 aromatic heterocycles. The van der Waals surface area contributed by atoms with E-state index in [0.717, 1.165) is 16.2 Å². The van der Waals surface area contributed by atoms with E-state index in [0.29, 0.717) is 11.5 Å². The lowest BCUT2D eigenvalue weighted by Crippen LogP contribution is -2.30. The molecule has 0 bridgehead atoms. The maximum Gasteiger partial charge on any atom is 0.193 e. The number of rotatable bonds is 3. The topological polar surface area (TPSA) is 54.4 Å². The van der Waals surface area contributed by atoms with E-state index in [1.54, 1.807) is 24.3 Å². The van der Waals surface area contributed by atoms with Gasteiger partial charge in [-0.1, -0.05) is 74.5 Å². The van der Waals surface area contributed by atoms with Gasteiger partial charge in [-0.25, -0.2) is 4.21 Å². The van der Waals surface area contributed by atoms with Crippen molar-refractivity contribution in [2.45, 2.75) is 55.4 Å². The SMILES string of the molecule is CC(C)(O)C(=O)c1ccccc1.CC(C)c1ccc2c(c1)Cc1ccccc1S2=O. The molecule has 0 fully saturated rings. The fraction of sp³-hybridized carbons (Fsp3) is 0.269. The van der Waals surface area contributed by atoms with Gasteiger partial charge < -0.3 is 5.11 Å². The minimum Gasteiger partial charge on any atom is -0.382 e. The summed E-state index contributed by atoms with van der Waals surface area (Å²) in [6, 6.07) is 23.2. The van der Waals surface area contributed by atoms with Gasteiger partial charge in [-0.05, 0) is 55.0 Å². The lowest BCUT2D eigenvalue weighted by molar-refractivity contribution is 0.0488. The zero-order valence-corrected chi connectivity index (χ0v) is 18.7. The molecule has 0 amide bonds. The zero-order chi connectivity index (χ0) is 21.9. The highest BCUT2D eigenvalue weighted by atomic mass is 32.2. The van der Waals surface area contributed by atoms with Gasteiger partial charge in [-0.15, -0.1) is 0 Å². The highest BCUT2D eigenvalue weighted by molar-refractivity contribution is 7.85. The van der Waals surface area contributed by atoms with E-state index in [-0.39, 0.29) is 5.78 Å². The average molecular weight is 421 g/mol. The van der Waals surface area contributed by atoms with E-state index >= 15 is 0 Å². The fourth-order valence-corrected chi connectivity index (χ4v) is 4.75. The normalized spacial score (nSPS) is 14.9. The summed E-state index contributed by atoms with van der Waals surface area (Å²) < 4.78 is 12.5. The summed E-state index contributed by atoms with van der Waals surface area (Å²) in [6.07, 6.45) is 0.901. The molecule has 3 aromatic carbocycles. The summed E-state index contributed by atoms with van der Waals surface area (Å²) in [6.45, 7) is 7.36. The van der Waals surface area contributed by atoms with Crippen molar-refractivity contribution in [3.05, 3.63) is 95.1 Å². The Morgan fingerprint density at radius 1 is 0.900 bits per heavy atom. The van der Waals surface area contributed by atoms with Gasteiger partial charge >= 0.3 is 0 Å². The Balaban J connectivity index is 0.000000187. The molecular formula is C26H28O3S. The summed E-state index contributed by atoms with van der Waals surface area (Å²) in [5, 5.41) is 9.39. The Labute approximate surface area is 181 Å². The first kappa shape index (κ1) is 22.1. The third-order valence-corrected chi connectivity index (χ3v) is 6.69. The van der Waals surface area contributed by atoms with Gasteiger partial charge in [0.1, 0.15) is 5.60 Å². The second-order valence-electron chi connectivity index (χ2n) is 8.33. The van der Waals surface area contributed by atoms with Crippen LogP contribution in [0.2, 0.25) is 0 Å². The van der Waals surface area contributed by atoms with Crippen molar-refractivity contribution < 1.29 is 14.1 Å². The average Bonchev–Trinajstić information content (AvgIpc) is 2.73. The van der Waals surface area contributed by atoms with E-state index < -0.39 is 16.4 Å². The van der Waals surface area contributed by atoms with E-state index in [1.807, 2.05) is 30.3 Å². The van der Waals surface area contributed by atoms with Gasteiger partial charge in [-0.2, -0.15) is 0 Å². The first-order valence-corrected chi connectivity index (χ1v) is 11.3. The molecule has 1 N–H and O–H groups in total. The van der Waals surface area contributed by atoms with Crippen LogP contribution in [0.1, 0.15) is 60.7 Å². The number of aliphatic hydroxyl groups is 1. The van der Waals surface area contributed by atoms with Gasteiger partial charge in [0, 0.05) is 15.4 Å². The van der Waals surface area contributed by atoms with Crippen molar-refractivity contribution in [2.75, 3.05) is 0 Å². The Morgan fingerprint density at radius 3 is 2.13 bits per heavy atom. The summed E-state index contributed by atoms with van der Waals surface area (Å²) in [5.41, 5.74) is 3.01. The minimum atomic E-state index is -1.28. The van der Waals surface area contributed by atoms with Crippen LogP contribution in [0.3, 0.4) is 0 Å². The van der Waals surface area contributed by atoms with Gasteiger partial charge in [0.05, 0.1) is 10.8 Å². The number of ketones is 1. The first-order chi connectivity index (χ1) is 14.2. The summed E-state index contributed by atoms with van der Waals surface area (Å²) >= 11 is 0. The molecule has 1 atom stereocenters. The van der Waals surface area contributed by atoms with Crippen molar-refractivity contribution in [2.24, 2.45) is 0 Å². The van der Waals surface area contributed by atoms with Gasteiger partial charge in [-0.3, -0.25) is 4.79 Å². The Kier molecular flexibility index (Phi) is 6.69. The Bertz CT molecular complexity index is 1060. The van der Waals surface area contributed by atoms with E-state index in [9.17, 15) is 14.1 Å². The number of carbonyl (C=O) groups is 1. The number of hydrogen-bond acceptors (Lipinski definition) is 3. The van der Waals surface area contributed by atoms with Crippen LogP contribution in [0.15, 0.2) is 82.6 Å². The number of carbonyl (C=O) groups excluding carboxylic acids is 1. The van der Waals surface area contributed by atoms with Crippen molar-refractivity contribution in [3.8, 4) is 0 Å². The molecule has 4 rings (SSSR count). The van der Waals surface area contributed by atoms with Gasteiger partial charge in [0.2, 0.25) is 0 Å². The van der Waals surface area contributed by atoms with Crippen LogP contribution in [0.5, 0.6) is 0 Å². The molecule has 3 aromatic rings. The molecular weight excluding hydrogens is 392 g/mol. The fourth-order valence-electron chi connectivity index (χ4n) is 3.37. The smallest absolute Gasteiger partial charge is 0.193 e. The summed E-state index contributed by atoms with van der Waals surface area (Å²) in [5.74, 6) is 0.268. The lowest BCUT2D eigenvalue weighted by Gasteiger charge is -2.20. The Hall–Kier alpha value is -2.56. The third-order valence-electron chi connectivity index (χ3n) is 5.10. The van der Waals surface area contributed by atoms with Crippen LogP contribution in [-0.2, 0) is 17.2 Å². The van der Waals surface area contributed by atoms with E-state index in [2.05, 4.69) is 32.0 Å². The molecule has 0 saturated heterocycles. The van der Waals surface area contributed by atoms with E-state index in [1.165, 1.54) is 30.5 Å². The maximum atomic E-state index is 12.5. The molecule has 0 saturated carbocycles. The molecule has 1 aliphatic heterocycles. The Morgan fingerprint density at radius 2 is 1.50 bits per heavy atom.